The van der Waals surface area contributed by atoms with Crippen molar-refractivity contribution in [3.05, 3.63) is 77.9 Å². The van der Waals surface area contributed by atoms with E-state index in [1.807, 2.05) is 18.2 Å². The van der Waals surface area contributed by atoms with Gasteiger partial charge >= 0.3 is 11.9 Å². The van der Waals surface area contributed by atoms with Crippen LogP contribution in [0.15, 0.2) is 61.2 Å². The van der Waals surface area contributed by atoms with E-state index in [2.05, 4.69) is 13.5 Å². The Kier molecular flexibility index (Phi) is 14.9. The summed E-state index contributed by atoms with van der Waals surface area (Å²) in [6, 6.07) is 12.5. The highest BCUT2D eigenvalue weighted by Crippen LogP contribution is 2.27. The van der Waals surface area contributed by atoms with Crippen molar-refractivity contribution in [3.8, 4) is 0 Å². The first-order valence-electron chi connectivity index (χ1n) is 15.9. The summed E-state index contributed by atoms with van der Waals surface area (Å²) in [5.41, 5.74) is 15.4. The van der Waals surface area contributed by atoms with Gasteiger partial charge in [0.25, 0.3) is 0 Å². The van der Waals surface area contributed by atoms with E-state index in [0.29, 0.717) is 16.9 Å². The number of nitrogens with two attached hydrogens (primary N) is 2. The quantitative estimate of drug-likeness (QED) is 0.0594. The lowest BCUT2D eigenvalue weighted by atomic mass is 9.93. The summed E-state index contributed by atoms with van der Waals surface area (Å²) in [6.45, 7) is 6.94. The zero-order valence-corrected chi connectivity index (χ0v) is 25.8. The summed E-state index contributed by atoms with van der Waals surface area (Å²) in [4.78, 5) is 25.2. The predicted molar refractivity (Wildman–Crippen MR) is 175 cm³/mol. The first-order chi connectivity index (χ1) is 20.9. The molecule has 1 aliphatic carbocycles. The maximum absolute atomic E-state index is 12.7. The van der Waals surface area contributed by atoms with Crippen LogP contribution in [-0.4, -0.2) is 37.4 Å². The summed E-state index contributed by atoms with van der Waals surface area (Å²) < 4.78 is 17.4. The van der Waals surface area contributed by atoms with E-state index in [-0.39, 0.29) is 30.7 Å². The Morgan fingerprint density at radius 3 is 2.28 bits per heavy atom. The van der Waals surface area contributed by atoms with Crippen molar-refractivity contribution in [2.24, 2.45) is 0 Å². The van der Waals surface area contributed by atoms with Gasteiger partial charge in [-0.2, -0.15) is 0 Å². The lowest BCUT2D eigenvalue weighted by molar-refractivity contribution is -0.138. The van der Waals surface area contributed by atoms with Gasteiger partial charge in [-0.3, -0.25) is 0 Å². The fraction of sp³-hybridized carbons (Fsp3) is 0.500. The molecule has 234 valence electrons. The number of unbranched alkanes of at least 4 members (excludes halogenated alkanes) is 5. The van der Waals surface area contributed by atoms with Crippen LogP contribution in [0.1, 0.15) is 111 Å². The van der Waals surface area contributed by atoms with Crippen molar-refractivity contribution in [2.45, 2.75) is 102 Å². The Labute approximate surface area is 257 Å². The zero-order valence-electron chi connectivity index (χ0n) is 25.8. The molecule has 3 rings (SSSR count). The lowest BCUT2D eigenvalue weighted by Crippen LogP contribution is -2.28. The molecule has 1 fully saturated rings. The van der Waals surface area contributed by atoms with E-state index in [9.17, 15) is 9.59 Å². The lowest BCUT2D eigenvalue weighted by Gasteiger charge is -2.28. The molecule has 0 aliphatic heterocycles. The van der Waals surface area contributed by atoms with Crippen molar-refractivity contribution < 1.29 is 23.8 Å². The van der Waals surface area contributed by atoms with E-state index in [4.69, 9.17) is 25.7 Å². The maximum atomic E-state index is 12.7. The standard InChI is InChI=1S/C36H50N2O5/c1-3-5-7-8-9-10-22-41-33-17-19-34(20-18-33)43-36(40)28-15-12-27(13-16-28)14-21-35(39)42-26-29(11-6-4-2)30-23-31(37)25-32(38)24-30/h3,12-16,21,23-25,29,33-34H,1,4-11,17-20,22,26,37-38H2,2H3/b21-14+. The number of rotatable bonds is 18. The molecule has 0 aromatic heterocycles. The first-order valence-corrected chi connectivity index (χ1v) is 15.9. The van der Waals surface area contributed by atoms with E-state index >= 15 is 0 Å². The smallest absolute Gasteiger partial charge is 0.338 e. The Morgan fingerprint density at radius 1 is 0.930 bits per heavy atom. The molecule has 1 saturated carbocycles. The third-order valence-electron chi connectivity index (χ3n) is 7.91. The van der Waals surface area contributed by atoms with Gasteiger partial charge in [0.05, 0.1) is 18.3 Å². The molecule has 0 saturated heterocycles. The molecular formula is C36H50N2O5. The Balaban J connectivity index is 1.38. The highest BCUT2D eigenvalue weighted by atomic mass is 16.5. The number of benzene rings is 2. The molecule has 2 aromatic carbocycles. The van der Waals surface area contributed by atoms with E-state index in [0.717, 1.165) is 75.5 Å². The molecular weight excluding hydrogens is 540 g/mol. The molecule has 1 aliphatic rings. The number of carbonyl (C=O) groups excluding carboxylic acids is 2. The molecule has 0 amide bonds. The van der Waals surface area contributed by atoms with Crippen molar-refractivity contribution in [2.75, 3.05) is 24.7 Å². The van der Waals surface area contributed by atoms with Crippen LogP contribution in [0, 0.1) is 0 Å². The van der Waals surface area contributed by atoms with Gasteiger partial charge in [-0.25, -0.2) is 9.59 Å². The summed E-state index contributed by atoms with van der Waals surface area (Å²) in [6.07, 6.45) is 17.5. The van der Waals surface area contributed by atoms with Crippen LogP contribution in [0.3, 0.4) is 0 Å². The number of esters is 2. The van der Waals surface area contributed by atoms with Gasteiger partial charge in [0.15, 0.2) is 0 Å². The van der Waals surface area contributed by atoms with E-state index in [1.54, 1.807) is 36.4 Å². The van der Waals surface area contributed by atoms with Gasteiger partial charge in [0, 0.05) is 30.0 Å². The third-order valence-corrected chi connectivity index (χ3v) is 7.91. The summed E-state index contributed by atoms with van der Waals surface area (Å²) in [5.74, 6) is -0.720. The van der Waals surface area contributed by atoms with Crippen LogP contribution in [0.4, 0.5) is 11.4 Å². The summed E-state index contributed by atoms with van der Waals surface area (Å²) >= 11 is 0. The third kappa shape index (κ3) is 12.7. The minimum Gasteiger partial charge on any atom is -0.462 e. The van der Waals surface area contributed by atoms with Gasteiger partial charge in [-0.05, 0) is 98.9 Å². The van der Waals surface area contributed by atoms with Crippen LogP contribution in [0.2, 0.25) is 0 Å². The van der Waals surface area contributed by atoms with Crippen LogP contribution in [0.25, 0.3) is 6.08 Å². The molecule has 2 aromatic rings. The van der Waals surface area contributed by atoms with Crippen molar-refractivity contribution in [3.63, 3.8) is 0 Å². The molecule has 1 atom stereocenters. The fourth-order valence-electron chi connectivity index (χ4n) is 5.39. The Hall–Kier alpha value is -3.58. The summed E-state index contributed by atoms with van der Waals surface area (Å²) in [5, 5.41) is 0. The molecule has 7 heteroatoms. The molecule has 43 heavy (non-hydrogen) atoms. The number of nitrogen functional groups attached to an aromatic ring is 2. The van der Waals surface area contributed by atoms with Crippen molar-refractivity contribution >= 4 is 29.4 Å². The SMILES string of the molecule is C=CCCCCCCOC1CCC(OC(=O)c2ccc(/C=C/C(=O)OCC(CCCC)c3cc(N)cc(N)c3)cc2)CC1. The number of hydrogen-bond donors (Lipinski definition) is 2. The van der Waals surface area contributed by atoms with Crippen LogP contribution in [-0.2, 0) is 19.0 Å². The molecule has 0 bridgehead atoms. The second kappa shape index (κ2) is 18.9. The minimum absolute atomic E-state index is 0.0263. The normalized spacial score (nSPS) is 17.4. The zero-order chi connectivity index (χ0) is 30.9. The number of anilines is 2. The summed E-state index contributed by atoms with van der Waals surface area (Å²) in [7, 11) is 0. The average molecular weight is 591 g/mol. The average Bonchev–Trinajstić information content (AvgIpc) is 3.00. The van der Waals surface area contributed by atoms with Crippen molar-refractivity contribution in [1.82, 2.24) is 0 Å². The topological polar surface area (TPSA) is 114 Å². The van der Waals surface area contributed by atoms with Gasteiger partial charge in [0.2, 0.25) is 0 Å². The maximum Gasteiger partial charge on any atom is 0.338 e. The van der Waals surface area contributed by atoms with Crippen LogP contribution >= 0.6 is 0 Å². The van der Waals surface area contributed by atoms with Gasteiger partial charge in [0.1, 0.15) is 6.10 Å². The van der Waals surface area contributed by atoms with Crippen molar-refractivity contribution in [1.29, 1.82) is 0 Å². The molecule has 0 heterocycles. The molecule has 0 spiro atoms. The van der Waals surface area contributed by atoms with E-state index in [1.165, 1.54) is 25.3 Å². The number of hydrogen-bond acceptors (Lipinski definition) is 7. The highest BCUT2D eigenvalue weighted by molar-refractivity contribution is 5.90. The van der Waals surface area contributed by atoms with Crippen LogP contribution in [0.5, 0.6) is 0 Å². The molecule has 0 radical (unpaired) electrons. The minimum atomic E-state index is -0.426. The molecule has 7 nitrogen and oxygen atoms in total. The second-order valence-electron chi connectivity index (χ2n) is 11.5. The van der Waals surface area contributed by atoms with E-state index < -0.39 is 5.97 Å². The Bertz CT molecular complexity index is 1150. The molecule has 4 N–H and O–H groups in total. The Morgan fingerprint density at radius 2 is 1.60 bits per heavy atom. The van der Waals surface area contributed by atoms with Gasteiger partial charge in [-0.1, -0.05) is 50.8 Å². The largest absolute Gasteiger partial charge is 0.462 e. The number of carbonyl (C=O) groups is 2. The number of ether oxygens (including phenoxy) is 3. The highest BCUT2D eigenvalue weighted by Gasteiger charge is 2.25. The first kappa shape index (κ1) is 33.9. The number of allylic oxidation sites excluding steroid dienone is 1. The monoisotopic (exact) mass is 590 g/mol. The van der Waals surface area contributed by atoms with Gasteiger partial charge < -0.3 is 25.7 Å². The fourth-order valence-corrected chi connectivity index (χ4v) is 5.39. The predicted octanol–water partition coefficient (Wildman–Crippen LogP) is 8.00. The van der Waals surface area contributed by atoms with Gasteiger partial charge in [-0.15, -0.1) is 6.58 Å². The van der Waals surface area contributed by atoms with Crippen LogP contribution < -0.4 is 11.5 Å². The molecule has 1 unspecified atom stereocenters. The second-order valence-corrected chi connectivity index (χ2v) is 11.5.